The van der Waals surface area contributed by atoms with Crippen molar-refractivity contribution in [3.8, 4) is 0 Å². The normalized spacial score (nSPS) is 14.0. The minimum absolute atomic E-state index is 0.0110. The third-order valence-corrected chi connectivity index (χ3v) is 7.24. The molecule has 3 rings (SSSR count). The van der Waals surface area contributed by atoms with E-state index in [9.17, 15) is 9.59 Å². The van der Waals surface area contributed by atoms with Gasteiger partial charge in [-0.15, -0.1) is 23.1 Å². The van der Waals surface area contributed by atoms with Crippen molar-refractivity contribution >= 4 is 51.0 Å². The molecule has 0 aliphatic carbocycles. The Morgan fingerprint density at radius 1 is 1.50 bits per heavy atom. The minimum atomic E-state index is -0.418. The number of aromatic nitrogens is 2. The second-order valence-electron chi connectivity index (χ2n) is 5.45. The largest absolute Gasteiger partial charge is 0.385 e. The maximum atomic E-state index is 13.1. The van der Waals surface area contributed by atoms with Crippen LogP contribution in [0.1, 0.15) is 18.4 Å². The lowest BCUT2D eigenvalue weighted by molar-refractivity contribution is -0.115. The van der Waals surface area contributed by atoms with E-state index in [-0.39, 0.29) is 11.3 Å². The topological polar surface area (TPSA) is 87.2 Å². The van der Waals surface area contributed by atoms with Gasteiger partial charge >= 0.3 is 0 Å². The molecular weight excluding hydrogens is 366 g/mol. The number of primary amides is 1. The summed E-state index contributed by atoms with van der Waals surface area (Å²) in [6.45, 7) is 1.09. The Balaban J connectivity index is 2.07. The molecule has 1 aliphatic heterocycles. The van der Waals surface area contributed by atoms with E-state index in [1.807, 2.05) is 0 Å². The molecule has 2 N–H and O–H groups in total. The number of nitrogens with two attached hydrogens (primary N) is 1. The molecule has 130 valence electrons. The number of thiophene rings is 1. The number of hydrogen-bond acceptors (Lipinski definition) is 7. The standard InChI is InChI=1S/C15H19N3O3S3/c1-21-6-3-5-18-13(20)11-9-4-2-7-22-14(9)24-12(11)17-15(18)23-8-10(16)19/h2-8H2,1H3,(H2,16,19). The molecule has 0 atom stereocenters. The fraction of sp³-hybridized carbons (Fsp3) is 0.533. The second kappa shape index (κ2) is 7.90. The molecule has 1 aliphatic rings. The van der Waals surface area contributed by atoms with Crippen molar-refractivity contribution < 1.29 is 9.53 Å². The Kier molecular flexibility index (Phi) is 5.85. The average molecular weight is 386 g/mol. The van der Waals surface area contributed by atoms with Crippen molar-refractivity contribution in [1.82, 2.24) is 9.55 Å². The van der Waals surface area contributed by atoms with Gasteiger partial charge in [-0.25, -0.2) is 4.98 Å². The second-order valence-corrected chi connectivity index (χ2v) is 8.76. The van der Waals surface area contributed by atoms with Gasteiger partial charge in [0.05, 0.1) is 15.3 Å². The zero-order valence-corrected chi connectivity index (χ0v) is 15.8. The summed E-state index contributed by atoms with van der Waals surface area (Å²) in [4.78, 5) is 29.6. The van der Waals surface area contributed by atoms with Crippen molar-refractivity contribution in [1.29, 1.82) is 0 Å². The number of nitrogens with zero attached hydrogens (tertiary/aromatic N) is 2. The lowest BCUT2D eigenvalue weighted by Gasteiger charge is -2.13. The maximum Gasteiger partial charge on any atom is 0.263 e. The van der Waals surface area contributed by atoms with Gasteiger partial charge in [-0.3, -0.25) is 14.2 Å². The molecule has 24 heavy (non-hydrogen) atoms. The summed E-state index contributed by atoms with van der Waals surface area (Å²) in [5.74, 6) is 0.784. The number of carbonyl (C=O) groups is 1. The number of hydrogen-bond donors (Lipinski definition) is 1. The lowest BCUT2D eigenvalue weighted by Crippen LogP contribution is -2.25. The molecule has 0 aromatic carbocycles. The Bertz CT molecular complexity index is 816. The summed E-state index contributed by atoms with van der Waals surface area (Å²) >= 11 is 4.61. The highest BCUT2D eigenvalue weighted by Gasteiger charge is 2.22. The van der Waals surface area contributed by atoms with Gasteiger partial charge in [0.1, 0.15) is 4.83 Å². The van der Waals surface area contributed by atoms with Crippen LogP contribution in [0.2, 0.25) is 0 Å². The van der Waals surface area contributed by atoms with Gasteiger partial charge in [0.25, 0.3) is 5.56 Å². The van der Waals surface area contributed by atoms with Crippen LogP contribution in [0.3, 0.4) is 0 Å². The summed E-state index contributed by atoms with van der Waals surface area (Å²) in [5, 5.41) is 1.31. The summed E-state index contributed by atoms with van der Waals surface area (Å²) in [5.41, 5.74) is 6.38. The van der Waals surface area contributed by atoms with Crippen molar-refractivity contribution in [3.05, 3.63) is 15.9 Å². The van der Waals surface area contributed by atoms with Gasteiger partial charge in [-0.1, -0.05) is 11.8 Å². The number of rotatable bonds is 7. The van der Waals surface area contributed by atoms with Crippen LogP contribution in [-0.2, 0) is 22.5 Å². The van der Waals surface area contributed by atoms with Crippen molar-refractivity contribution in [3.63, 3.8) is 0 Å². The van der Waals surface area contributed by atoms with Crippen molar-refractivity contribution in [2.24, 2.45) is 5.73 Å². The fourth-order valence-corrected chi connectivity index (χ4v) is 6.00. The van der Waals surface area contributed by atoms with Crippen LogP contribution in [0.25, 0.3) is 10.2 Å². The first-order valence-corrected chi connectivity index (χ1v) is 10.5. The van der Waals surface area contributed by atoms with Gasteiger partial charge in [0.15, 0.2) is 5.16 Å². The molecule has 0 saturated carbocycles. The Morgan fingerprint density at radius 2 is 2.33 bits per heavy atom. The summed E-state index contributed by atoms with van der Waals surface area (Å²) in [6.07, 6.45) is 2.74. The first-order chi connectivity index (χ1) is 11.6. The summed E-state index contributed by atoms with van der Waals surface area (Å²) in [7, 11) is 1.64. The molecule has 0 fully saturated rings. The van der Waals surface area contributed by atoms with Crippen LogP contribution in [0.4, 0.5) is 0 Å². The van der Waals surface area contributed by atoms with E-state index < -0.39 is 5.91 Å². The van der Waals surface area contributed by atoms with Crippen LogP contribution in [0, 0.1) is 0 Å². The van der Waals surface area contributed by atoms with Crippen molar-refractivity contribution in [2.45, 2.75) is 35.2 Å². The number of ether oxygens (including phenoxy) is 1. The molecule has 2 aromatic rings. The van der Waals surface area contributed by atoms with E-state index in [4.69, 9.17) is 10.5 Å². The van der Waals surface area contributed by atoms with Gasteiger partial charge in [0.2, 0.25) is 5.91 Å². The maximum absolute atomic E-state index is 13.1. The van der Waals surface area contributed by atoms with Gasteiger partial charge in [-0.05, 0) is 30.6 Å². The molecule has 1 amide bonds. The van der Waals surface area contributed by atoms with Crippen LogP contribution in [-0.4, -0.2) is 40.7 Å². The van der Waals surface area contributed by atoms with E-state index >= 15 is 0 Å². The van der Waals surface area contributed by atoms with E-state index in [1.54, 1.807) is 34.8 Å². The van der Waals surface area contributed by atoms with Crippen LogP contribution < -0.4 is 11.3 Å². The predicted molar refractivity (Wildman–Crippen MR) is 99.3 cm³/mol. The van der Waals surface area contributed by atoms with Crippen LogP contribution in [0.5, 0.6) is 0 Å². The summed E-state index contributed by atoms with van der Waals surface area (Å²) in [6, 6.07) is 0. The Morgan fingerprint density at radius 3 is 3.08 bits per heavy atom. The van der Waals surface area contributed by atoms with Crippen molar-refractivity contribution in [2.75, 3.05) is 25.2 Å². The number of methoxy groups -OCH3 is 1. The minimum Gasteiger partial charge on any atom is -0.385 e. The third-order valence-electron chi connectivity index (χ3n) is 3.72. The molecule has 0 spiro atoms. The SMILES string of the molecule is COCCCn1c(SCC(N)=O)nc2sc3c(c2c1=O)CCCS3. The molecule has 0 unspecified atom stereocenters. The number of thioether (sulfide) groups is 2. The fourth-order valence-electron chi connectivity index (χ4n) is 2.67. The average Bonchev–Trinajstić information content (AvgIpc) is 2.93. The first kappa shape index (κ1) is 17.8. The quantitative estimate of drug-likeness (QED) is 0.446. The highest BCUT2D eigenvalue weighted by atomic mass is 32.2. The highest BCUT2D eigenvalue weighted by Crippen LogP contribution is 2.40. The third kappa shape index (κ3) is 3.63. The van der Waals surface area contributed by atoms with Gasteiger partial charge < -0.3 is 10.5 Å². The van der Waals surface area contributed by atoms with Crippen LogP contribution >= 0.6 is 34.9 Å². The van der Waals surface area contributed by atoms with E-state index in [0.29, 0.717) is 18.3 Å². The monoisotopic (exact) mass is 385 g/mol. The molecule has 0 bridgehead atoms. The number of fused-ring (bicyclic) bond motifs is 3. The van der Waals surface area contributed by atoms with E-state index in [0.717, 1.165) is 40.8 Å². The molecule has 2 aromatic heterocycles. The zero-order valence-electron chi connectivity index (χ0n) is 13.4. The Hall–Kier alpha value is -1.03. The van der Waals surface area contributed by atoms with E-state index in [2.05, 4.69) is 4.98 Å². The zero-order chi connectivity index (χ0) is 17.1. The predicted octanol–water partition coefficient (Wildman–Crippen LogP) is 2.11. The highest BCUT2D eigenvalue weighted by molar-refractivity contribution is 8.01. The number of aryl methyl sites for hydroxylation is 1. The molecular formula is C15H19N3O3S3. The van der Waals surface area contributed by atoms with Crippen LogP contribution in [0.15, 0.2) is 14.2 Å². The lowest BCUT2D eigenvalue weighted by atomic mass is 10.1. The molecule has 9 heteroatoms. The Labute approximate surface area is 152 Å². The molecule has 6 nitrogen and oxygen atoms in total. The smallest absolute Gasteiger partial charge is 0.263 e. The molecule has 3 heterocycles. The van der Waals surface area contributed by atoms with E-state index in [1.165, 1.54) is 16.0 Å². The van der Waals surface area contributed by atoms with Gasteiger partial charge in [-0.2, -0.15) is 0 Å². The molecule has 0 saturated heterocycles. The number of carbonyl (C=O) groups excluding carboxylic acids is 1. The van der Waals surface area contributed by atoms with Gasteiger partial charge in [0, 0.05) is 20.3 Å². The molecule has 0 radical (unpaired) electrons. The number of amides is 1. The summed E-state index contributed by atoms with van der Waals surface area (Å²) < 4.78 is 7.96. The first-order valence-electron chi connectivity index (χ1n) is 7.71.